The van der Waals surface area contributed by atoms with E-state index in [1.807, 2.05) is 0 Å². The minimum absolute atomic E-state index is 0.0980. The zero-order valence-electron chi connectivity index (χ0n) is 9.99. The lowest BCUT2D eigenvalue weighted by atomic mass is 10.2. The van der Waals surface area contributed by atoms with Crippen molar-refractivity contribution in [1.82, 2.24) is 9.97 Å². The number of nitrogens with one attached hydrogen (secondary N) is 1. The van der Waals surface area contributed by atoms with Gasteiger partial charge in [-0.3, -0.25) is 0 Å². The van der Waals surface area contributed by atoms with E-state index in [2.05, 4.69) is 36.0 Å². The normalized spacial score (nSPS) is 10.7. The number of nitrogens with zero attached hydrogens (tertiary/aromatic N) is 2. The van der Waals surface area contributed by atoms with Crippen LogP contribution in [0.1, 0.15) is 5.56 Å². The Balaban J connectivity index is 2.16. The van der Waals surface area contributed by atoms with Gasteiger partial charge in [-0.15, -0.1) is 0 Å². The van der Waals surface area contributed by atoms with E-state index in [1.54, 1.807) is 12.1 Å². The number of rotatable bonds is 5. The molecule has 0 fully saturated rings. The summed E-state index contributed by atoms with van der Waals surface area (Å²) in [5.74, 6) is 0.519. The van der Waals surface area contributed by atoms with Gasteiger partial charge in [0, 0.05) is 16.6 Å². The number of hydrogen-bond donors (Lipinski definition) is 1. The van der Waals surface area contributed by atoms with Gasteiger partial charge in [0.05, 0.1) is 6.20 Å². The largest absolute Gasteiger partial charge is 0.434 e. The molecule has 8 heteroatoms. The average Bonchev–Trinajstić information content (AvgIpc) is 2.40. The molecule has 0 atom stereocenters. The molecule has 1 aromatic carbocycles. The van der Waals surface area contributed by atoms with Crippen molar-refractivity contribution in [2.45, 2.75) is 13.2 Å². The van der Waals surface area contributed by atoms with E-state index >= 15 is 0 Å². The Hall–Kier alpha value is -1.47. The molecule has 0 radical (unpaired) electrons. The Labute approximate surface area is 127 Å². The molecule has 1 heterocycles. The van der Waals surface area contributed by atoms with E-state index in [9.17, 15) is 8.78 Å². The van der Waals surface area contributed by atoms with Gasteiger partial charge in [-0.05, 0) is 18.2 Å². The molecule has 0 unspecified atom stereocenters. The Morgan fingerprint density at radius 1 is 1.40 bits per heavy atom. The zero-order valence-corrected chi connectivity index (χ0v) is 12.3. The van der Waals surface area contributed by atoms with Gasteiger partial charge in [0.1, 0.15) is 22.9 Å². The van der Waals surface area contributed by atoms with E-state index in [0.29, 0.717) is 16.4 Å². The van der Waals surface area contributed by atoms with E-state index in [0.717, 1.165) is 4.47 Å². The molecule has 0 aliphatic carbocycles. The van der Waals surface area contributed by atoms with Crippen molar-refractivity contribution in [3.05, 3.63) is 45.8 Å². The van der Waals surface area contributed by atoms with Crippen LogP contribution in [0.15, 0.2) is 35.2 Å². The Morgan fingerprint density at radius 3 is 2.90 bits per heavy atom. The lowest BCUT2D eigenvalue weighted by Crippen LogP contribution is -2.08. The first-order chi connectivity index (χ1) is 9.56. The highest BCUT2D eigenvalue weighted by Gasteiger charge is 2.11. The van der Waals surface area contributed by atoms with E-state index < -0.39 is 6.61 Å². The third kappa shape index (κ3) is 4.01. The number of aromatic nitrogens is 2. The van der Waals surface area contributed by atoms with Gasteiger partial charge in [-0.1, -0.05) is 27.5 Å². The Bertz CT molecular complexity index is 601. The van der Waals surface area contributed by atoms with Crippen LogP contribution >= 0.6 is 27.5 Å². The standard InChI is InChI=1S/C12H9BrClF2N3O/c13-8-1-2-10(20-12(15)16)7(3-8)4-18-11-9(14)5-17-6-19-11/h1-3,5-6,12H,4H2,(H,17,18,19). The number of benzene rings is 1. The highest BCUT2D eigenvalue weighted by atomic mass is 79.9. The molecule has 20 heavy (non-hydrogen) atoms. The molecule has 0 aliphatic rings. The molecule has 0 bridgehead atoms. The minimum atomic E-state index is -2.88. The summed E-state index contributed by atoms with van der Waals surface area (Å²) < 4.78 is 29.9. The van der Waals surface area contributed by atoms with Gasteiger partial charge in [0.25, 0.3) is 0 Å². The van der Waals surface area contributed by atoms with Crippen molar-refractivity contribution in [2.75, 3.05) is 5.32 Å². The zero-order chi connectivity index (χ0) is 14.5. The number of anilines is 1. The summed E-state index contributed by atoms with van der Waals surface area (Å²) in [4.78, 5) is 7.71. The van der Waals surface area contributed by atoms with Gasteiger partial charge >= 0.3 is 6.61 Å². The molecular formula is C12H9BrClF2N3O. The van der Waals surface area contributed by atoms with Gasteiger partial charge in [-0.25, -0.2) is 9.97 Å². The molecule has 1 N–H and O–H groups in total. The summed E-state index contributed by atoms with van der Waals surface area (Å²) in [6, 6.07) is 4.77. The van der Waals surface area contributed by atoms with E-state index in [-0.39, 0.29) is 12.3 Å². The van der Waals surface area contributed by atoms with Gasteiger partial charge in [0.2, 0.25) is 0 Å². The number of hydrogen-bond acceptors (Lipinski definition) is 4. The van der Waals surface area contributed by atoms with Crippen LogP contribution in [0.3, 0.4) is 0 Å². The molecule has 0 spiro atoms. The SMILES string of the molecule is FC(F)Oc1ccc(Br)cc1CNc1ncncc1Cl. The molecule has 0 saturated heterocycles. The number of ether oxygens (including phenoxy) is 1. The molecule has 0 aliphatic heterocycles. The molecule has 106 valence electrons. The first kappa shape index (κ1) is 14.9. The summed E-state index contributed by atoms with van der Waals surface area (Å²) >= 11 is 9.18. The molecule has 0 amide bonds. The fourth-order valence-electron chi connectivity index (χ4n) is 1.52. The minimum Gasteiger partial charge on any atom is -0.434 e. The second kappa shape index (κ2) is 6.81. The third-order valence-electron chi connectivity index (χ3n) is 2.35. The van der Waals surface area contributed by atoms with Crippen LogP contribution < -0.4 is 10.1 Å². The predicted octanol–water partition coefficient (Wildman–Crippen LogP) is 4.11. The van der Waals surface area contributed by atoms with Crippen molar-refractivity contribution in [3.8, 4) is 5.75 Å². The third-order valence-corrected chi connectivity index (χ3v) is 3.12. The van der Waals surface area contributed by atoms with E-state index in [1.165, 1.54) is 18.6 Å². The summed E-state index contributed by atoms with van der Waals surface area (Å²) in [7, 11) is 0. The van der Waals surface area contributed by atoms with E-state index in [4.69, 9.17) is 11.6 Å². The predicted molar refractivity (Wildman–Crippen MR) is 75.1 cm³/mol. The van der Waals surface area contributed by atoms with Crippen LogP contribution in [0.5, 0.6) is 5.75 Å². The fraction of sp³-hybridized carbons (Fsp3) is 0.167. The van der Waals surface area contributed by atoms with Crippen LogP contribution in [0.2, 0.25) is 5.02 Å². The quantitative estimate of drug-likeness (QED) is 0.867. The summed E-state index contributed by atoms with van der Waals surface area (Å²) in [5, 5.41) is 3.29. The molecule has 1 aromatic heterocycles. The first-order valence-electron chi connectivity index (χ1n) is 5.49. The fourth-order valence-corrected chi connectivity index (χ4v) is 2.10. The van der Waals surface area contributed by atoms with Crippen molar-refractivity contribution in [1.29, 1.82) is 0 Å². The Morgan fingerprint density at radius 2 is 2.20 bits per heavy atom. The van der Waals surface area contributed by atoms with Crippen LogP contribution in [0, 0.1) is 0 Å². The van der Waals surface area contributed by atoms with Gasteiger partial charge < -0.3 is 10.1 Å². The molecule has 2 rings (SSSR count). The monoisotopic (exact) mass is 363 g/mol. The summed E-state index contributed by atoms with van der Waals surface area (Å²) in [6.07, 6.45) is 2.78. The van der Waals surface area contributed by atoms with Crippen molar-refractivity contribution in [2.24, 2.45) is 0 Å². The van der Waals surface area contributed by atoms with Crippen LogP contribution in [0.4, 0.5) is 14.6 Å². The van der Waals surface area contributed by atoms with Crippen molar-refractivity contribution >= 4 is 33.3 Å². The highest BCUT2D eigenvalue weighted by molar-refractivity contribution is 9.10. The average molecular weight is 365 g/mol. The first-order valence-corrected chi connectivity index (χ1v) is 6.66. The topological polar surface area (TPSA) is 47.0 Å². The maximum absolute atomic E-state index is 12.3. The lowest BCUT2D eigenvalue weighted by Gasteiger charge is -2.12. The summed E-state index contributed by atoms with van der Waals surface area (Å²) in [5.41, 5.74) is 0.550. The van der Waals surface area contributed by atoms with Gasteiger partial charge in [0.15, 0.2) is 0 Å². The molecule has 0 saturated carbocycles. The van der Waals surface area contributed by atoms with Crippen molar-refractivity contribution < 1.29 is 13.5 Å². The highest BCUT2D eigenvalue weighted by Crippen LogP contribution is 2.26. The smallest absolute Gasteiger partial charge is 0.387 e. The Kier molecular flexibility index (Phi) is 5.08. The van der Waals surface area contributed by atoms with Gasteiger partial charge in [-0.2, -0.15) is 8.78 Å². The number of alkyl halides is 2. The lowest BCUT2D eigenvalue weighted by molar-refractivity contribution is -0.0504. The number of halogens is 4. The van der Waals surface area contributed by atoms with Crippen LogP contribution in [-0.2, 0) is 6.54 Å². The van der Waals surface area contributed by atoms with Crippen LogP contribution in [-0.4, -0.2) is 16.6 Å². The molecule has 2 aromatic rings. The van der Waals surface area contributed by atoms with Crippen LogP contribution in [0.25, 0.3) is 0 Å². The summed E-state index contributed by atoms with van der Waals surface area (Å²) in [6.45, 7) is -2.64. The van der Waals surface area contributed by atoms with Crippen molar-refractivity contribution in [3.63, 3.8) is 0 Å². The molecular weight excluding hydrogens is 356 g/mol. The second-order valence-corrected chi connectivity index (χ2v) is 5.03. The maximum atomic E-state index is 12.3. The maximum Gasteiger partial charge on any atom is 0.387 e. The molecule has 4 nitrogen and oxygen atoms in total. The second-order valence-electron chi connectivity index (χ2n) is 3.70.